The van der Waals surface area contributed by atoms with Crippen LogP contribution in [0.15, 0.2) is 48.5 Å². The highest BCUT2D eigenvalue weighted by atomic mass is 35.5. The lowest BCUT2D eigenvalue weighted by molar-refractivity contribution is 0.190. The molecule has 2 unspecified atom stereocenters. The molecule has 1 aliphatic carbocycles. The Morgan fingerprint density at radius 1 is 1.07 bits per heavy atom. The SMILES string of the molecule is CCCN(CCc1ccccc1)C(C)CCC(C#N)(c1c(Cl)cccc1Cl)C1CC1. The summed E-state index contributed by atoms with van der Waals surface area (Å²) in [4.78, 5) is 2.57. The standard InChI is InChI=1S/C26H32Cl2N2/c1-3-17-30(18-15-21-8-5-4-6-9-21)20(2)14-16-26(19-29,22-12-13-22)25-23(27)10-7-11-24(25)28/h4-11,20,22H,3,12-18H2,1-2H3. The molecular weight excluding hydrogens is 411 g/mol. The Hall–Kier alpha value is -1.53. The second kappa shape index (κ2) is 10.7. The maximum atomic E-state index is 10.3. The minimum absolute atomic E-state index is 0.357. The summed E-state index contributed by atoms with van der Waals surface area (Å²) >= 11 is 13.1. The van der Waals surface area contributed by atoms with Gasteiger partial charge in [0.1, 0.15) is 0 Å². The number of hydrogen-bond donors (Lipinski definition) is 0. The summed E-state index contributed by atoms with van der Waals surface area (Å²) in [6, 6.07) is 19.3. The van der Waals surface area contributed by atoms with Crippen molar-refractivity contribution >= 4 is 23.2 Å². The molecule has 2 atom stereocenters. The Labute approximate surface area is 191 Å². The average Bonchev–Trinajstić information content (AvgIpc) is 3.59. The van der Waals surface area contributed by atoms with Crippen molar-refractivity contribution in [3.8, 4) is 6.07 Å². The average molecular weight is 443 g/mol. The van der Waals surface area contributed by atoms with Gasteiger partial charge in [-0.15, -0.1) is 0 Å². The smallest absolute Gasteiger partial charge is 0.0879 e. The molecule has 0 aliphatic heterocycles. The van der Waals surface area contributed by atoms with E-state index in [1.165, 1.54) is 5.56 Å². The van der Waals surface area contributed by atoms with Gasteiger partial charge in [0.2, 0.25) is 0 Å². The number of nitrogens with zero attached hydrogens (tertiary/aromatic N) is 2. The molecule has 3 rings (SSSR count). The molecule has 30 heavy (non-hydrogen) atoms. The van der Waals surface area contributed by atoms with Crippen LogP contribution in [0.1, 0.15) is 57.1 Å². The minimum Gasteiger partial charge on any atom is -0.300 e. The van der Waals surface area contributed by atoms with E-state index in [1.807, 2.05) is 18.2 Å². The van der Waals surface area contributed by atoms with E-state index in [4.69, 9.17) is 23.2 Å². The van der Waals surface area contributed by atoms with Crippen LogP contribution in [0.3, 0.4) is 0 Å². The first-order chi connectivity index (χ1) is 14.5. The molecule has 0 heterocycles. The number of hydrogen-bond acceptors (Lipinski definition) is 2. The van der Waals surface area contributed by atoms with Gasteiger partial charge in [-0.2, -0.15) is 5.26 Å². The van der Waals surface area contributed by atoms with Gasteiger partial charge in [0.05, 0.1) is 11.5 Å². The second-order valence-electron chi connectivity index (χ2n) is 8.61. The fourth-order valence-corrected chi connectivity index (χ4v) is 5.35. The highest BCUT2D eigenvalue weighted by Gasteiger charge is 2.49. The predicted molar refractivity (Wildman–Crippen MR) is 127 cm³/mol. The van der Waals surface area contributed by atoms with Crippen LogP contribution in [0.4, 0.5) is 0 Å². The fourth-order valence-electron chi connectivity index (χ4n) is 4.61. The predicted octanol–water partition coefficient (Wildman–Crippen LogP) is 7.29. The summed E-state index contributed by atoms with van der Waals surface area (Å²) in [6.45, 7) is 6.64. The normalized spacial score (nSPS) is 16.8. The molecule has 160 valence electrons. The van der Waals surface area contributed by atoms with E-state index in [2.05, 4.69) is 55.1 Å². The Morgan fingerprint density at radius 2 is 1.73 bits per heavy atom. The maximum Gasteiger partial charge on any atom is 0.0879 e. The first-order valence-corrected chi connectivity index (χ1v) is 11.9. The van der Waals surface area contributed by atoms with Gasteiger partial charge >= 0.3 is 0 Å². The summed E-state index contributed by atoms with van der Waals surface area (Å²) in [5.74, 6) is 0.357. The van der Waals surface area contributed by atoms with Gasteiger partial charge in [-0.3, -0.25) is 0 Å². The molecule has 0 spiro atoms. The van der Waals surface area contributed by atoms with E-state index in [9.17, 15) is 5.26 Å². The molecule has 0 radical (unpaired) electrons. The van der Waals surface area contributed by atoms with E-state index in [1.54, 1.807) is 0 Å². The molecular formula is C26H32Cl2N2. The lowest BCUT2D eigenvalue weighted by Gasteiger charge is -2.34. The molecule has 1 saturated carbocycles. The summed E-state index contributed by atoms with van der Waals surface area (Å²) in [6.07, 6.45) is 6.09. The van der Waals surface area contributed by atoms with Gasteiger partial charge < -0.3 is 4.90 Å². The van der Waals surface area contributed by atoms with Crippen molar-refractivity contribution in [3.05, 3.63) is 69.7 Å². The summed E-state index contributed by atoms with van der Waals surface area (Å²) < 4.78 is 0. The van der Waals surface area contributed by atoms with Crippen molar-refractivity contribution in [1.29, 1.82) is 5.26 Å². The van der Waals surface area contributed by atoms with E-state index in [0.717, 1.165) is 57.2 Å². The lowest BCUT2D eigenvalue weighted by atomic mass is 9.73. The van der Waals surface area contributed by atoms with Gasteiger partial charge in [-0.1, -0.05) is 66.5 Å². The van der Waals surface area contributed by atoms with Crippen LogP contribution in [0, 0.1) is 17.2 Å². The summed E-state index contributed by atoms with van der Waals surface area (Å²) in [7, 11) is 0. The van der Waals surface area contributed by atoms with Gasteiger partial charge in [-0.05, 0) is 75.6 Å². The van der Waals surface area contributed by atoms with Crippen LogP contribution in [-0.2, 0) is 11.8 Å². The lowest BCUT2D eigenvalue weighted by Crippen LogP contribution is -2.38. The molecule has 0 amide bonds. The van der Waals surface area contributed by atoms with Crippen molar-refractivity contribution in [2.75, 3.05) is 13.1 Å². The molecule has 2 aromatic carbocycles. The minimum atomic E-state index is -0.582. The number of rotatable bonds is 11. The summed E-state index contributed by atoms with van der Waals surface area (Å²) in [5, 5.41) is 11.6. The number of halogens is 2. The van der Waals surface area contributed by atoms with Gasteiger partial charge in [0.25, 0.3) is 0 Å². The van der Waals surface area contributed by atoms with E-state index in [-0.39, 0.29) is 0 Å². The van der Waals surface area contributed by atoms with Crippen LogP contribution in [0.5, 0.6) is 0 Å². The van der Waals surface area contributed by atoms with Gasteiger partial charge in [-0.25, -0.2) is 0 Å². The Balaban J connectivity index is 1.73. The van der Waals surface area contributed by atoms with E-state index >= 15 is 0 Å². The monoisotopic (exact) mass is 442 g/mol. The third-order valence-electron chi connectivity index (χ3n) is 6.50. The third kappa shape index (κ3) is 5.38. The highest BCUT2D eigenvalue weighted by molar-refractivity contribution is 6.36. The Kier molecular flexibility index (Phi) is 8.23. The Bertz CT molecular complexity index is 837. The third-order valence-corrected chi connectivity index (χ3v) is 7.13. The quantitative estimate of drug-likeness (QED) is 0.365. The van der Waals surface area contributed by atoms with Gasteiger partial charge in [0.15, 0.2) is 0 Å². The molecule has 1 fully saturated rings. The van der Waals surface area contributed by atoms with Crippen LogP contribution in [0.25, 0.3) is 0 Å². The molecule has 0 N–H and O–H groups in total. The largest absolute Gasteiger partial charge is 0.300 e. The molecule has 0 bridgehead atoms. The first-order valence-electron chi connectivity index (χ1n) is 11.2. The summed E-state index contributed by atoms with van der Waals surface area (Å²) in [5.41, 5.74) is 1.64. The zero-order valence-corrected chi connectivity index (χ0v) is 19.6. The molecule has 4 heteroatoms. The Morgan fingerprint density at radius 3 is 2.30 bits per heavy atom. The molecule has 2 nitrogen and oxygen atoms in total. The van der Waals surface area contributed by atoms with Crippen molar-refractivity contribution < 1.29 is 0 Å². The van der Waals surface area contributed by atoms with Crippen molar-refractivity contribution in [1.82, 2.24) is 4.90 Å². The fraction of sp³-hybridized carbons (Fsp3) is 0.500. The molecule has 2 aromatic rings. The van der Waals surface area contributed by atoms with E-state index in [0.29, 0.717) is 22.0 Å². The van der Waals surface area contributed by atoms with Crippen molar-refractivity contribution in [3.63, 3.8) is 0 Å². The molecule has 1 aliphatic rings. The van der Waals surface area contributed by atoms with Crippen LogP contribution < -0.4 is 0 Å². The van der Waals surface area contributed by atoms with E-state index < -0.39 is 5.41 Å². The van der Waals surface area contributed by atoms with Crippen LogP contribution in [0.2, 0.25) is 10.0 Å². The first kappa shape index (κ1) is 23.1. The van der Waals surface area contributed by atoms with Crippen molar-refractivity contribution in [2.24, 2.45) is 5.92 Å². The second-order valence-corrected chi connectivity index (χ2v) is 9.43. The van der Waals surface area contributed by atoms with Crippen molar-refractivity contribution in [2.45, 2.75) is 63.8 Å². The zero-order chi connectivity index (χ0) is 21.6. The van der Waals surface area contributed by atoms with Crippen LogP contribution >= 0.6 is 23.2 Å². The zero-order valence-electron chi connectivity index (χ0n) is 18.1. The molecule has 0 aromatic heterocycles. The maximum absolute atomic E-state index is 10.3. The molecule has 0 saturated heterocycles. The van der Waals surface area contributed by atoms with Crippen LogP contribution in [-0.4, -0.2) is 24.0 Å². The highest BCUT2D eigenvalue weighted by Crippen LogP contribution is 2.53. The number of nitriles is 1. The number of benzene rings is 2. The van der Waals surface area contributed by atoms with Gasteiger partial charge in [0, 0.05) is 28.2 Å². The topological polar surface area (TPSA) is 27.0 Å².